The van der Waals surface area contributed by atoms with Crippen LogP contribution < -0.4 is 11.5 Å². The van der Waals surface area contributed by atoms with Gasteiger partial charge in [0.05, 0.1) is 0 Å². The predicted molar refractivity (Wildman–Crippen MR) is 60.0 cm³/mol. The molecule has 0 aromatic carbocycles. The minimum atomic E-state index is 0.309. The van der Waals surface area contributed by atoms with Gasteiger partial charge >= 0.3 is 0 Å². The van der Waals surface area contributed by atoms with Gasteiger partial charge in [-0.1, -0.05) is 31.4 Å². The molecule has 0 amide bonds. The lowest BCUT2D eigenvalue weighted by Crippen LogP contribution is -2.04. The lowest BCUT2D eigenvalue weighted by atomic mass is 10.2. The van der Waals surface area contributed by atoms with Crippen LogP contribution in [0.15, 0.2) is 61.2 Å². The molecule has 0 aromatic rings. The van der Waals surface area contributed by atoms with Gasteiger partial charge in [-0.3, -0.25) is 0 Å². The number of rotatable bonds is 6. The summed E-state index contributed by atoms with van der Waals surface area (Å²) in [4.78, 5) is 0. The molecule has 0 aliphatic carbocycles. The first-order chi connectivity index (χ1) is 6.74. The third-order valence-electron chi connectivity index (χ3n) is 1.37. The van der Waals surface area contributed by atoms with E-state index in [-0.39, 0.29) is 0 Å². The van der Waals surface area contributed by atoms with Crippen molar-refractivity contribution in [3.8, 4) is 0 Å². The molecule has 0 unspecified atom stereocenters. The molecule has 4 N–H and O–H groups in total. The molecule has 0 saturated carbocycles. The van der Waals surface area contributed by atoms with Gasteiger partial charge in [-0.2, -0.15) is 0 Å². The van der Waals surface area contributed by atoms with Crippen LogP contribution in [0.1, 0.15) is 0 Å². The highest BCUT2D eigenvalue weighted by Gasteiger charge is 1.92. The van der Waals surface area contributed by atoms with Crippen molar-refractivity contribution in [1.29, 1.82) is 0 Å². The normalized spacial score (nSPS) is 12.9. The third kappa shape index (κ3) is 5.71. The summed E-state index contributed by atoms with van der Waals surface area (Å²) < 4.78 is 5.19. The van der Waals surface area contributed by atoms with E-state index in [4.69, 9.17) is 16.2 Å². The summed E-state index contributed by atoms with van der Waals surface area (Å²) in [5.74, 6) is 0.309. The topological polar surface area (TPSA) is 61.3 Å². The molecular formula is C11H16N2O. The second-order valence-corrected chi connectivity index (χ2v) is 2.42. The van der Waals surface area contributed by atoms with Crippen LogP contribution in [-0.2, 0) is 4.74 Å². The van der Waals surface area contributed by atoms with E-state index in [1.54, 1.807) is 30.4 Å². The quantitative estimate of drug-likeness (QED) is 0.496. The van der Waals surface area contributed by atoms with E-state index < -0.39 is 0 Å². The van der Waals surface area contributed by atoms with Crippen LogP contribution in [0.25, 0.3) is 0 Å². The highest BCUT2D eigenvalue weighted by atomic mass is 16.5. The molecule has 3 nitrogen and oxygen atoms in total. The summed E-state index contributed by atoms with van der Waals surface area (Å²) in [7, 11) is 0. The standard InChI is InChI=1S/C11H16N2O/c1-3-6-10(4-2)9-14-11(13)7-5-8-12/h3-8H,1-2,9,12-13H2/b8-5-,10-6+,11-7+. The molecule has 14 heavy (non-hydrogen) atoms. The van der Waals surface area contributed by atoms with Gasteiger partial charge < -0.3 is 16.2 Å². The Morgan fingerprint density at radius 2 is 2.00 bits per heavy atom. The number of hydrogen-bond donors (Lipinski definition) is 2. The molecule has 0 radical (unpaired) electrons. The second-order valence-electron chi connectivity index (χ2n) is 2.42. The second kappa shape index (κ2) is 7.73. The van der Waals surface area contributed by atoms with Crippen LogP contribution in [0.4, 0.5) is 0 Å². The largest absolute Gasteiger partial charge is 0.475 e. The zero-order chi connectivity index (χ0) is 10.8. The predicted octanol–water partition coefficient (Wildman–Crippen LogP) is 1.57. The molecule has 0 spiro atoms. The van der Waals surface area contributed by atoms with Crippen LogP contribution in [0.3, 0.4) is 0 Å². The van der Waals surface area contributed by atoms with E-state index in [1.165, 1.54) is 6.20 Å². The smallest absolute Gasteiger partial charge is 0.184 e. The summed E-state index contributed by atoms with van der Waals surface area (Å²) >= 11 is 0. The SMILES string of the molecule is C=C/C=C(\C=C)CO/C(N)=C/C=C\N. The first-order valence-corrected chi connectivity index (χ1v) is 4.15. The van der Waals surface area contributed by atoms with Crippen molar-refractivity contribution in [2.45, 2.75) is 0 Å². The Bertz CT molecular complexity index is 275. The summed E-state index contributed by atoms with van der Waals surface area (Å²) in [6.45, 7) is 7.57. The Morgan fingerprint density at radius 3 is 2.50 bits per heavy atom. The Balaban J connectivity index is 4.09. The zero-order valence-electron chi connectivity index (χ0n) is 8.15. The van der Waals surface area contributed by atoms with E-state index >= 15 is 0 Å². The van der Waals surface area contributed by atoms with Gasteiger partial charge in [-0.15, -0.1) is 0 Å². The van der Waals surface area contributed by atoms with Gasteiger partial charge in [0.1, 0.15) is 6.61 Å². The number of nitrogens with two attached hydrogens (primary N) is 2. The van der Waals surface area contributed by atoms with Crippen molar-refractivity contribution in [3.05, 3.63) is 61.2 Å². The van der Waals surface area contributed by atoms with Crippen LogP contribution in [0.2, 0.25) is 0 Å². The fraction of sp³-hybridized carbons (Fsp3) is 0.0909. The van der Waals surface area contributed by atoms with E-state index in [9.17, 15) is 0 Å². The average molecular weight is 192 g/mol. The lowest BCUT2D eigenvalue weighted by Gasteiger charge is -2.05. The van der Waals surface area contributed by atoms with Crippen molar-refractivity contribution in [2.24, 2.45) is 11.5 Å². The summed E-state index contributed by atoms with van der Waals surface area (Å²) in [5, 5.41) is 0. The molecule has 0 aliphatic heterocycles. The molecule has 0 heterocycles. The summed E-state index contributed by atoms with van der Waals surface area (Å²) in [5.41, 5.74) is 11.5. The minimum Gasteiger partial charge on any atom is -0.475 e. The van der Waals surface area contributed by atoms with Crippen molar-refractivity contribution >= 4 is 0 Å². The molecule has 0 bridgehead atoms. The average Bonchev–Trinajstić information content (AvgIpc) is 2.21. The molecular weight excluding hydrogens is 176 g/mol. The van der Waals surface area contributed by atoms with Crippen LogP contribution in [-0.4, -0.2) is 6.61 Å². The van der Waals surface area contributed by atoms with Crippen molar-refractivity contribution in [1.82, 2.24) is 0 Å². The Labute approximate surface area is 84.7 Å². The number of hydrogen-bond acceptors (Lipinski definition) is 3. The Morgan fingerprint density at radius 1 is 1.29 bits per heavy atom. The summed E-state index contributed by atoms with van der Waals surface area (Å²) in [6.07, 6.45) is 9.71. The number of ether oxygens (including phenoxy) is 1. The highest BCUT2D eigenvalue weighted by molar-refractivity contribution is 5.21. The van der Waals surface area contributed by atoms with Gasteiger partial charge in [0.2, 0.25) is 0 Å². The maximum Gasteiger partial charge on any atom is 0.184 e. The zero-order valence-corrected chi connectivity index (χ0v) is 8.15. The molecule has 0 aliphatic rings. The molecule has 0 aromatic heterocycles. The first-order valence-electron chi connectivity index (χ1n) is 4.15. The van der Waals surface area contributed by atoms with Crippen LogP contribution in [0, 0.1) is 0 Å². The van der Waals surface area contributed by atoms with Gasteiger partial charge in [0.15, 0.2) is 5.88 Å². The molecule has 3 heteroatoms. The minimum absolute atomic E-state index is 0.309. The number of allylic oxidation sites excluding steroid dienone is 4. The highest BCUT2D eigenvalue weighted by Crippen LogP contribution is 1.99. The van der Waals surface area contributed by atoms with Gasteiger partial charge in [0, 0.05) is 0 Å². The molecule has 0 fully saturated rings. The van der Waals surface area contributed by atoms with E-state index in [0.29, 0.717) is 12.5 Å². The van der Waals surface area contributed by atoms with E-state index in [1.807, 2.05) is 0 Å². The van der Waals surface area contributed by atoms with Gasteiger partial charge in [-0.25, -0.2) is 0 Å². The van der Waals surface area contributed by atoms with Crippen molar-refractivity contribution < 1.29 is 4.74 Å². The monoisotopic (exact) mass is 192 g/mol. The fourth-order valence-electron chi connectivity index (χ4n) is 0.692. The maximum atomic E-state index is 5.50. The molecule has 0 rings (SSSR count). The Kier molecular flexibility index (Phi) is 6.68. The maximum absolute atomic E-state index is 5.50. The molecule has 0 saturated heterocycles. The van der Waals surface area contributed by atoms with E-state index in [0.717, 1.165) is 5.57 Å². The van der Waals surface area contributed by atoms with Gasteiger partial charge in [0.25, 0.3) is 0 Å². The summed E-state index contributed by atoms with van der Waals surface area (Å²) in [6, 6.07) is 0. The molecule has 76 valence electrons. The Hall–Kier alpha value is -1.90. The van der Waals surface area contributed by atoms with Gasteiger partial charge in [-0.05, 0) is 23.9 Å². The van der Waals surface area contributed by atoms with Crippen molar-refractivity contribution in [2.75, 3.05) is 6.61 Å². The van der Waals surface area contributed by atoms with Crippen LogP contribution in [0.5, 0.6) is 0 Å². The third-order valence-corrected chi connectivity index (χ3v) is 1.37. The van der Waals surface area contributed by atoms with Crippen molar-refractivity contribution in [3.63, 3.8) is 0 Å². The fourth-order valence-corrected chi connectivity index (χ4v) is 0.692. The first kappa shape index (κ1) is 12.1. The lowest BCUT2D eigenvalue weighted by molar-refractivity contribution is 0.239. The van der Waals surface area contributed by atoms with E-state index in [2.05, 4.69) is 13.2 Å². The molecule has 0 atom stereocenters. The van der Waals surface area contributed by atoms with Crippen LogP contribution >= 0.6 is 0 Å².